The van der Waals surface area contributed by atoms with Crippen LogP contribution in [0.5, 0.6) is 0 Å². The van der Waals surface area contributed by atoms with Crippen molar-refractivity contribution < 1.29 is 23.1 Å². The van der Waals surface area contributed by atoms with Crippen LogP contribution in [0.3, 0.4) is 0 Å². The second-order valence-electron chi connectivity index (χ2n) is 6.85. The van der Waals surface area contributed by atoms with Crippen LogP contribution in [0.4, 0.5) is 0 Å². The van der Waals surface area contributed by atoms with Gasteiger partial charge in [0.15, 0.2) is 5.78 Å². The Hall–Kier alpha value is -3.24. The summed E-state index contributed by atoms with van der Waals surface area (Å²) in [6, 6.07) is 27.3. The molecule has 0 heterocycles. The van der Waals surface area contributed by atoms with E-state index in [9.17, 15) is 9.36 Å². The summed E-state index contributed by atoms with van der Waals surface area (Å²) >= 11 is 0. The van der Waals surface area contributed by atoms with Crippen molar-refractivity contribution in [3.8, 4) is 0 Å². The predicted octanol–water partition coefficient (Wildman–Crippen LogP) is 6.50. The Morgan fingerprint density at radius 1 is 0.781 bits per heavy atom. The normalized spacial score (nSPS) is 12.1. The van der Waals surface area contributed by atoms with Crippen molar-refractivity contribution in [3.63, 3.8) is 0 Å². The van der Waals surface area contributed by atoms with Gasteiger partial charge in [-0.3, -0.25) is 9.36 Å². The molecule has 5 nitrogen and oxygen atoms in total. The van der Waals surface area contributed by atoms with Crippen LogP contribution in [0.1, 0.15) is 21.5 Å². The fraction of sp³-hybridized carbons (Fsp3) is 0.115. The molecule has 0 aromatic heterocycles. The van der Waals surface area contributed by atoms with E-state index in [-0.39, 0.29) is 23.3 Å². The van der Waals surface area contributed by atoms with E-state index in [1.807, 2.05) is 54.6 Å². The first kappa shape index (κ1) is 23.4. The zero-order chi connectivity index (χ0) is 23.0. The van der Waals surface area contributed by atoms with Crippen molar-refractivity contribution in [1.29, 1.82) is 0 Å². The molecule has 0 fully saturated rings. The van der Waals surface area contributed by atoms with Gasteiger partial charge < -0.3 is 13.8 Å². The maximum absolute atomic E-state index is 13.7. The summed E-state index contributed by atoms with van der Waals surface area (Å²) in [4.78, 5) is 13.3. The van der Waals surface area contributed by atoms with E-state index in [0.29, 0.717) is 11.1 Å². The molecule has 6 heteroatoms. The van der Waals surface area contributed by atoms with Gasteiger partial charge >= 0.3 is 7.60 Å². The Labute approximate surface area is 188 Å². The van der Waals surface area contributed by atoms with Crippen LogP contribution >= 0.6 is 7.60 Å². The van der Waals surface area contributed by atoms with Crippen LogP contribution in [0, 0.1) is 0 Å². The van der Waals surface area contributed by atoms with E-state index in [4.69, 9.17) is 13.8 Å². The Morgan fingerprint density at radius 3 is 1.75 bits per heavy atom. The summed E-state index contributed by atoms with van der Waals surface area (Å²) < 4.78 is 30.4. The number of ether oxygens (including phenoxy) is 1. The third-order valence-electron chi connectivity index (χ3n) is 4.83. The number of hydrogen-bond acceptors (Lipinski definition) is 5. The van der Waals surface area contributed by atoms with Crippen LogP contribution in [-0.2, 0) is 25.0 Å². The van der Waals surface area contributed by atoms with Crippen LogP contribution < -0.4 is 0 Å². The number of carbonyl (C=O) groups is 1. The molecule has 3 aromatic carbocycles. The Morgan fingerprint density at radius 2 is 1.25 bits per heavy atom. The summed E-state index contributed by atoms with van der Waals surface area (Å²) in [6.07, 6.45) is 0. The van der Waals surface area contributed by atoms with Gasteiger partial charge in [-0.25, -0.2) is 0 Å². The highest BCUT2D eigenvalue weighted by molar-refractivity contribution is 7.59. The molecule has 164 valence electrons. The number of Topliss-reactive ketones (excluding diaryl/α,β-unsaturated/α-hetero) is 1. The van der Waals surface area contributed by atoms with E-state index >= 15 is 0 Å². The molecule has 32 heavy (non-hydrogen) atoms. The monoisotopic (exact) mass is 448 g/mol. The molecule has 0 aliphatic rings. The lowest BCUT2D eigenvalue weighted by molar-refractivity contribution is 0.103. The van der Waals surface area contributed by atoms with Gasteiger partial charge in [-0.05, 0) is 5.56 Å². The lowest BCUT2D eigenvalue weighted by Crippen LogP contribution is -2.10. The molecule has 0 aliphatic heterocycles. The van der Waals surface area contributed by atoms with Gasteiger partial charge in [0.05, 0.1) is 0 Å². The van der Waals surface area contributed by atoms with Gasteiger partial charge in [0.1, 0.15) is 17.7 Å². The first-order valence-corrected chi connectivity index (χ1v) is 11.5. The highest BCUT2D eigenvalue weighted by Crippen LogP contribution is 2.60. The Balaban J connectivity index is 2.18. The molecule has 0 aliphatic carbocycles. The van der Waals surface area contributed by atoms with E-state index in [1.165, 1.54) is 14.2 Å². The van der Waals surface area contributed by atoms with E-state index in [0.717, 1.165) is 5.56 Å². The van der Waals surface area contributed by atoms with Crippen LogP contribution in [0.25, 0.3) is 5.76 Å². The maximum Gasteiger partial charge on any atom is 0.365 e. The smallest absolute Gasteiger partial charge is 0.365 e. The SMILES string of the molecule is C=C(C(=O)c1ccccc1)/C(=C(/OCc1ccccc1)c1ccccc1)P(=O)(OC)OC. The minimum Gasteiger partial charge on any atom is -0.487 e. The lowest BCUT2D eigenvalue weighted by Gasteiger charge is -2.23. The minimum atomic E-state index is -3.93. The highest BCUT2D eigenvalue weighted by atomic mass is 31.2. The number of allylic oxidation sites excluding steroid dienone is 2. The second kappa shape index (κ2) is 10.9. The lowest BCUT2D eigenvalue weighted by atomic mass is 10.0. The largest absolute Gasteiger partial charge is 0.487 e. The van der Waals surface area contributed by atoms with Gasteiger partial charge in [0, 0.05) is 30.9 Å². The van der Waals surface area contributed by atoms with Gasteiger partial charge in [-0.2, -0.15) is 0 Å². The van der Waals surface area contributed by atoms with Crippen molar-refractivity contribution in [2.75, 3.05) is 14.2 Å². The third-order valence-corrected chi connectivity index (χ3v) is 6.81. The summed E-state index contributed by atoms with van der Waals surface area (Å²) in [5.74, 6) is -0.178. The first-order chi connectivity index (χ1) is 15.5. The number of hydrogen-bond donors (Lipinski definition) is 0. The van der Waals surface area contributed by atoms with Gasteiger partial charge in [0.2, 0.25) is 0 Å². The maximum atomic E-state index is 13.7. The molecular formula is C26H25O5P. The molecule has 3 aromatic rings. The summed E-state index contributed by atoms with van der Waals surface area (Å²) in [5.41, 5.74) is 1.92. The first-order valence-electron chi connectivity index (χ1n) is 9.97. The zero-order valence-corrected chi connectivity index (χ0v) is 19.0. The molecule has 0 bridgehead atoms. The molecule has 0 radical (unpaired) electrons. The van der Waals surface area contributed by atoms with Crippen LogP contribution in [-0.4, -0.2) is 20.0 Å². The van der Waals surface area contributed by atoms with Gasteiger partial charge in [0.25, 0.3) is 0 Å². The van der Waals surface area contributed by atoms with Gasteiger partial charge in [-0.15, -0.1) is 0 Å². The fourth-order valence-electron chi connectivity index (χ4n) is 3.16. The summed E-state index contributed by atoms with van der Waals surface area (Å²) in [7, 11) is -1.39. The molecule has 0 amide bonds. The topological polar surface area (TPSA) is 61.8 Å². The van der Waals surface area contributed by atoms with E-state index < -0.39 is 13.4 Å². The third kappa shape index (κ3) is 5.32. The van der Waals surface area contributed by atoms with E-state index in [2.05, 4.69) is 6.58 Å². The molecule has 0 unspecified atom stereocenters. The fourth-order valence-corrected chi connectivity index (χ4v) is 4.55. The summed E-state index contributed by atoms with van der Waals surface area (Å²) in [5, 5.41) is -0.00140. The average molecular weight is 448 g/mol. The van der Waals surface area contributed by atoms with Crippen LogP contribution in [0.15, 0.2) is 108 Å². The second-order valence-corrected chi connectivity index (χ2v) is 9.03. The molecule has 0 spiro atoms. The van der Waals surface area contributed by atoms with Crippen molar-refractivity contribution in [2.24, 2.45) is 0 Å². The van der Waals surface area contributed by atoms with Crippen molar-refractivity contribution >= 4 is 19.1 Å². The van der Waals surface area contributed by atoms with Crippen molar-refractivity contribution in [3.05, 3.63) is 125 Å². The minimum absolute atomic E-state index is 0.00140. The number of carbonyl (C=O) groups excluding carboxylic acids is 1. The quantitative estimate of drug-likeness (QED) is 0.117. The predicted molar refractivity (Wildman–Crippen MR) is 126 cm³/mol. The Kier molecular flexibility index (Phi) is 7.96. The highest BCUT2D eigenvalue weighted by Gasteiger charge is 2.37. The average Bonchev–Trinajstić information content (AvgIpc) is 2.87. The molecule has 0 saturated heterocycles. The molecular weight excluding hydrogens is 423 g/mol. The molecule has 0 saturated carbocycles. The Bertz CT molecular complexity index is 1130. The van der Waals surface area contributed by atoms with E-state index in [1.54, 1.807) is 36.4 Å². The molecule has 0 N–H and O–H groups in total. The summed E-state index contributed by atoms with van der Waals surface area (Å²) in [6.45, 7) is 4.16. The van der Waals surface area contributed by atoms with Crippen molar-refractivity contribution in [1.82, 2.24) is 0 Å². The van der Waals surface area contributed by atoms with Crippen molar-refractivity contribution in [2.45, 2.75) is 6.61 Å². The number of benzene rings is 3. The zero-order valence-electron chi connectivity index (χ0n) is 18.1. The number of rotatable bonds is 10. The van der Waals surface area contributed by atoms with Gasteiger partial charge in [-0.1, -0.05) is 97.6 Å². The molecule has 0 atom stereocenters. The standard InChI is InChI=1S/C26H25O5P/c1-20(24(27)22-15-9-5-10-16-22)26(32(28,29-2)30-3)25(23-17-11-6-12-18-23)31-19-21-13-7-4-8-14-21/h4-18H,1,19H2,2-3H3/b26-25-. The molecule has 3 rings (SSSR count). The van der Waals surface area contributed by atoms with Crippen LogP contribution in [0.2, 0.25) is 0 Å². The number of ketones is 1.